The summed E-state index contributed by atoms with van der Waals surface area (Å²) in [7, 11) is 3.24. The molecule has 1 saturated heterocycles. The maximum atomic E-state index is 13.6. The number of nitriles is 1. The molecule has 0 N–H and O–H groups in total. The molecule has 2 rings (SSSR count). The highest BCUT2D eigenvalue weighted by atomic mass is 19.1. The van der Waals surface area contributed by atoms with E-state index in [4.69, 9.17) is 14.7 Å². The smallest absolute Gasteiger partial charge is 0.143 e. The van der Waals surface area contributed by atoms with Gasteiger partial charge in [-0.2, -0.15) is 5.26 Å². The van der Waals surface area contributed by atoms with Gasteiger partial charge in [0.05, 0.1) is 5.69 Å². The van der Waals surface area contributed by atoms with Crippen molar-refractivity contribution in [3.63, 3.8) is 0 Å². The fourth-order valence-corrected chi connectivity index (χ4v) is 2.28. The van der Waals surface area contributed by atoms with Gasteiger partial charge in [0.1, 0.15) is 29.7 Å². The van der Waals surface area contributed by atoms with Gasteiger partial charge in [-0.3, -0.25) is 0 Å². The number of ether oxygens (including phenoxy) is 2. The number of methoxy groups -OCH3 is 2. The lowest BCUT2D eigenvalue weighted by Gasteiger charge is -2.19. The van der Waals surface area contributed by atoms with E-state index >= 15 is 0 Å². The van der Waals surface area contributed by atoms with Crippen LogP contribution in [0, 0.1) is 17.1 Å². The maximum absolute atomic E-state index is 13.6. The Labute approximate surface area is 106 Å². The Hall–Kier alpha value is -1.64. The van der Waals surface area contributed by atoms with Crippen LogP contribution in [0.2, 0.25) is 0 Å². The molecule has 0 radical (unpaired) electrons. The van der Waals surface area contributed by atoms with Crippen LogP contribution in [0.15, 0.2) is 18.2 Å². The van der Waals surface area contributed by atoms with E-state index in [1.807, 2.05) is 11.0 Å². The van der Waals surface area contributed by atoms with Gasteiger partial charge < -0.3 is 14.4 Å². The average Bonchev–Trinajstić information content (AvgIpc) is 2.81. The molecule has 1 aromatic rings. The van der Waals surface area contributed by atoms with Gasteiger partial charge in [-0.15, -0.1) is 0 Å². The van der Waals surface area contributed by atoms with Crippen molar-refractivity contribution >= 4 is 5.69 Å². The van der Waals surface area contributed by atoms with Crippen molar-refractivity contribution in [1.82, 2.24) is 0 Å². The Morgan fingerprint density at radius 3 is 2.39 bits per heavy atom. The number of anilines is 1. The molecule has 1 aliphatic rings. The van der Waals surface area contributed by atoms with Gasteiger partial charge >= 0.3 is 0 Å². The first-order valence-electron chi connectivity index (χ1n) is 5.70. The quantitative estimate of drug-likeness (QED) is 0.816. The molecule has 0 spiro atoms. The van der Waals surface area contributed by atoms with Gasteiger partial charge in [-0.25, -0.2) is 4.39 Å². The number of nitrogens with zero attached hydrogens (tertiary/aromatic N) is 2. The third-order valence-corrected chi connectivity index (χ3v) is 3.26. The molecule has 1 aliphatic heterocycles. The third-order valence-electron chi connectivity index (χ3n) is 3.26. The minimum Gasteiger partial charge on any atom is -0.377 e. The van der Waals surface area contributed by atoms with Gasteiger partial charge in [-0.05, 0) is 12.1 Å². The van der Waals surface area contributed by atoms with Gasteiger partial charge in [-0.1, -0.05) is 6.07 Å². The van der Waals surface area contributed by atoms with E-state index < -0.39 is 5.82 Å². The fourth-order valence-electron chi connectivity index (χ4n) is 2.28. The second-order valence-corrected chi connectivity index (χ2v) is 4.20. The minimum atomic E-state index is -0.496. The summed E-state index contributed by atoms with van der Waals surface area (Å²) in [6.45, 7) is 1.18. The summed E-state index contributed by atoms with van der Waals surface area (Å²) < 4.78 is 24.2. The molecule has 5 heteroatoms. The van der Waals surface area contributed by atoms with E-state index in [2.05, 4.69) is 0 Å². The Morgan fingerprint density at radius 2 is 1.89 bits per heavy atom. The van der Waals surface area contributed by atoms with Crippen LogP contribution in [0.25, 0.3) is 0 Å². The van der Waals surface area contributed by atoms with Crippen LogP contribution < -0.4 is 4.90 Å². The summed E-state index contributed by atoms with van der Waals surface area (Å²) in [5.74, 6) is -0.496. The van der Waals surface area contributed by atoms with E-state index in [1.54, 1.807) is 26.4 Å². The molecule has 1 fully saturated rings. The minimum absolute atomic E-state index is 0.0650. The summed E-state index contributed by atoms with van der Waals surface area (Å²) in [4.78, 5) is 1.92. The van der Waals surface area contributed by atoms with Crippen molar-refractivity contribution in [2.75, 3.05) is 32.2 Å². The van der Waals surface area contributed by atoms with Crippen molar-refractivity contribution < 1.29 is 13.9 Å². The number of benzene rings is 1. The number of hydrogen-bond acceptors (Lipinski definition) is 4. The zero-order valence-corrected chi connectivity index (χ0v) is 10.4. The van der Waals surface area contributed by atoms with Crippen molar-refractivity contribution in [1.29, 1.82) is 5.26 Å². The summed E-state index contributed by atoms with van der Waals surface area (Å²) >= 11 is 0. The molecule has 0 saturated carbocycles. The Bertz CT molecular complexity index is 461. The van der Waals surface area contributed by atoms with Crippen LogP contribution in [0.5, 0.6) is 0 Å². The molecule has 2 atom stereocenters. The molecule has 0 bridgehead atoms. The molecule has 0 aromatic heterocycles. The van der Waals surface area contributed by atoms with E-state index in [0.29, 0.717) is 18.8 Å². The average molecular weight is 250 g/mol. The first-order valence-corrected chi connectivity index (χ1v) is 5.70. The van der Waals surface area contributed by atoms with Gasteiger partial charge in [0.2, 0.25) is 0 Å². The molecular formula is C13H15FN2O2. The van der Waals surface area contributed by atoms with Crippen LogP contribution in [-0.4, -0.2) is 39.5 Å². The zero-order valence-electron chi connectivity index (χ0n) is 10.4. The van der Waals surface area contributed by atoms with E-state index in [9.17, 15) is 4.39 Å². The van der Waals surface area contributed by atoms with Gasteiger partial charge in [0.25, 0.3) is 0 Å². The standard InChI is InChI=1S/C13H15FN2O2/c1-17-12-7-16(8-13(12)18-2)11-5-3-4-10(14)9(11)6-15/h3-5,12-13H,7-8H2,1-2H3. The monoisotopic (exact) mass is 250 g/mol. The fraction of sp³-hybridized carbons (Fsp3) is 0.462. The van der Waals surface area contributed by atoms with Crippen LogP contribution in [0.1, 0.15) is 5.56 Å². The largest absolute Gasteiger partial charge is 0.377 e. The lowest BCUT2D eigenvalue weighted by atomic mass is 10.1. The molecule has 4 nitrogen and oxygen atoms in total. The predicted octanol–water partition coefficient (Wildman–Crippen LogP) is 1.55. The second kappa shape index (κ2) is 5.34. The Morgan fingerprint density at radius 1 is 1.28 bits per heavy atom. The van der Waals surface area contributed by atoms with Crippen LogP contribution >= 0.6 is 0 Å². The normalized spacial score (nSPS) is 23.1. The first kappa shape index (κ1) is 12.8. The highest BCUT2D eigenvalue weighted by Gasteiger charge is 2.34. The Balaban J connectivity index is 2.29. The lowest BCUT2D eigenvalue weighted by molar-refractivity contribution is -0.00461. The van der Waals surface area contributed by atoms with Crippen molar-refractivity contribution in [3.8, 4) is 6.07 Å². The topological polar surface area (TPSA) is 45.5 Å². The van der Waals surface area contributed by atoms with E-state index in [1.165, 1.54) is 6.07 Å². The molecule has 0 amide bonds. The van der Waals surface area contributed by atoms with Crippen LogP contribution in [0.3, 0.4) is 0 Å². The second-order valence-electron chi connectivity index (χ2n) is 4.20. The summed E-state index contributed by atoms with van der Waals surface area (Å²) in [6, 6.07) is 6.55. The molecule has 2 unspecified atom stereocenters. The van der Waals surface area contributed by atoms with Crippen molar-refractivity contribution in [2.45, 2.75) is 12.2 Å². The van der Waals surface area contributed by atoms with Crippen LogP contribution in [0.4, 0.5) is 10.1 Å². The van der Waals surface area contributed by atoms with E-state index in [0.717, 1.165) is 0 Å². The summed E-state index contributed by atoms with van der Waals surface area (Å²) in [5.41, 5.74) is 0.670. The number of hydrogen-bond donors (Lipinski definition) is 0. The molecule has 1 aromatic carbocycles. The third kappa shape index (κ3) is 2.17. The van der Waals surface area contributed by atoms with Crippen molar-refractivity contribution in [3.05, 3.63) is 29.6 Å². The first-order chi connectivity index (χ1) is 8.71. The highest BCUT2D eigenvalue weighted by molar-refractivity contribution is 5.60. The SMILES string of the molecule is COC1CN(c2cccc(F)c2C#N)CC1OC. The summed E-state index contributed by atoms with van der Waals surface area (Å²) in [5, 5.41) is 9.03. The molecule has 1 heterocycles. The maximum Gasteiger partial charge on any atom is 0.143 e. The summed E-state index contributed by atoms with van der Waals surface area (Å²) in [6.07, 6.45) is -0.130. The van der Waals surface area contributed by atoms with Gasteiger partial charge in [0, 0.05) is 27.3 Å². The molecule has 96 valence electrons. The molecular weight excluding hydrogens is 235 g/mol. The van der Waals surface area contributed by atoms with E-state index in [-0.39, 0.29) is 17.8 Å². The lowest BCUT2D eigenvalue weighted by Crippen LogP contribution is -2.27. The molecule has 0 aliphatic carbocycles. The zero-order chi connectivity index (χ0) is 13.1. The van der Waals surface area contributed by atoms with Gasteiger partial charge in [0.15, 0.2) is 0 Å². The molecule has 18 heavy (non-hydrogen) atoms. The number of rotatable bonds is 3. The predicted molar refractivity (Wildman–Crippen MR) is 64.9 cm³/mol. The van der Waals surface area contributed by atoms with Crippen LogP contribution in [-0.2, 0) is 9.47 Å². The Kier molecular flexibility index (Phi) is 3.80. The highest BCUT2D eigenvalue weighted by Crippen LogP contribution is 2.27. The van der Waals surface area contributed by atoms with Crippen molar-refractivity contribution in [2.24, 2.45) is 0 Å². The number of halogens is 1.